The van der Waals surface area contributed by atoms with Gasteiger partial charge in [-0.2, -0.15) is 0 Å². The molecule has 278 valence electrons. The van der Waals surface area contributed by atoms with Crippen molar-refractivity contribution in [3.8, 4) is 0 Å². The predicted molar refractivity (Wildman–Crippen MR) is 156 cm³/mol. The largest absolute Gasteiger partial charge is 0.394 e. The summed E-state index contributed by atoms with van der Waals surface area (Å²) in [6.07, 6.45) is -22.2. The first-order valence-electron chi connectivity index (χ1n) is 15.6. The molecular weight excluding hydrogens is 650 g/mol. The van der Waals surface area contributed by atoms with Crippen LogP contribution in [-0.2, 0) is 38.0 Å². The topological polar surface area (TPSA) is 353 Å². The molecule has 4 fully saturated rings. The molecule has 16 N–H and O–H groups in total. The van der Waals surface area contributed by atoms with E-state index in [2.05, 4.69) is 10.6 Å². The fourth-order valence-corrected chi connectivity index (χ4v) is 6.43. The minimum Gasteiger partial charge on any atom is -0.394 e. The second-order valence-electron chi connectivity index (χ2n) is 12.5. The normalized spacial score (nSPS) is 48.2. The molecule has 0 aromatic carbocycles. The standard InChI is InChI=1S/C27H49N5O16/c1-7(35)31-10-3-9(29)22(46-26-15(32-8(2)36)20(41)18(39)12(5-33)44-26)24(16(10)37)48-27-21(42)23(13(6-34)45-27)47-25-14(30)19(40)17(38)11(4-28)43-25/h9-27,33-34,37-42H,3-6,28-30H2,1-2H3,(H,31,35)(H,32,36)/t9-,10+,11-,12+,13+,14+,15+,16-,17+,18+,19+,20+,21+,22+,23+,24+,25+,26-,27-/m0/s1. The Kier molecular flexibility index (Phi) is 13.4. The van der Waals surface area contributed by atoms with E-state index in [9.17, 15) is 50.4 Å². The van der Waals surface area contributed by atoms with Crippen molar-refractivity contribution in [2.75, 3.05) is 19.8 Å². The maximum Gasteiger partial charge on any atom is 0.217 e. The van der Waals surface area contributed by atoms with Crippen molar-refractivity contribution < 1.29 is 78.9 Å². The summed E-state index contributed by atoms with van der Waals surface area (Å²) in [4.78, 5) is 23.9. The van der Waals surface area contributed by atoms with E-state index < -0.39 is 141 Å². The number of nitrogens with two attached hydrogens (primary N) is 3. The van der Waals surface area contributed by atoms with Crippen molar-refractivity contribution >= 4 is 11.8 Å². The Balaban J connectivity index is 1.59. The molecule has 0 bridgehead atoms. The maximum atomic E-state index is 11.9. The van der Waals surface area contributed by atoms with Gasteiger partial charge in [-0.3, -0.25) is 9.59 Å². The summed E-state index contributed by atoms with van der Waals surface area (Å²) in [5.41, 5.74) is 18.1. The quantitative estimate of drug-likeness (QED) is 0.0952. The summed E-state index contributed by atoms with van der Waals surface area (Å²) in [6.45, 7) is 0.702. The summed E-state index contributed by atoms with van der Waals surface area (Å²) in [6, 6.07) is -4.71. The first kappa shape index (κ1) is 39.1. The number of ether oxygens (including phenoxy) is 6. The molecule has 19 atom stereocenters. The third kappa shape index (κ3) is 8.24. The maximum absolute atomic E-state index is 11.9. The van der Waals surface area contributed by atoms with E-state index in [1.54, 1.807) is 0 Å². The lowest BCUT2D eigenvalue weighted by Gasteiger charge is -2.48. The van der Waals surface area contributed by atoms with Gasteiger partial charge >= 0.3 is 0 Å². The second kappa shape index (κ2) is 16.5. The number of nitrogens with one attached hydrogen (secondary N) is 2. The van der Waals surface area contributed by atoms with E-state index in [0.29, 0.717) is 0 Å². The zero-order chi connectivity index (χ0) is 35.6. The Morgan fingerprint density at radius 1 is 0.667 bits per heavy atom. The molecule has 1 aliphatic carbocycles. The van der Waals surface area contributed by atoms with Gasteiger partial charge in [0.2, 0.25) is 11.8 Å². The van der Waals surface area contributed by atoms with Crippen LogP contribution < -0.4 is 27.8 Å². The van der Waals surface area contributed by atoms with Crippen LogP contribution in [0.15, 0.2) is 0 Å². The van der Waals surface area contributed by atoms with Gasteiger partial charge in [-0.05, 0) is 6.42 Å². The summed E-state index contributed by atoms with van der Waals surface area (Å²) in [5.74, 6) is -1.13. The highest BCUT2D eigenvalue weighted by Gasteiger charge is 2.55. The van der Waals surface area contributed by atoms with Gasteiger partial charge in [0.25, 0.3) is 0 Å². The zero-order valence-electron chi connectivity index (χ0n) is 26.4. The average Bonchev–Trinajstić information content (AvgIpc) is 3.33. The highest BCUT2D eigenvalue weighted by atomic mass is 16.8. The van der Waals surface area contributed by atoms with E-state index >= 15 is 0 Å². The van der Waals surface area contributed by atoms with Gasteiger partial charge in [0, 0.05) is 26.4 Å². The molecule has 0 unspecified atom stereocenters. The molecule has 3 heterocycles. The van der Waals surface area contributed by atoms with Crippen LogP contribution in [0.3, 0.4) is 0 Å². The zero-order valence-corrected chi connectivity index (χ0v) is 26.4. The number of hydrogen-bond donors (Lipinski definition) is 13. The summed E-state index contributed by atoms with van der Waals surface area (Å²) >= 11 is 0. The number of amides is 2. The molecule has 1 saturated carbocycles. The lowest BCUT2D eigenvalue weighted by Crippen LogP contribution is -2.69. The SMILES string of the molecule is CC(=O)N[C@H]1[C@H](O[C@H]2[C@H](O[C@@H]3O[C@H](CO)[C@@H](O[C@H]4O[C@@H](CN)[C@@H](O)[C@H](O)[C@H]4N)[C@H]3O)[C@@H](O)[C@H](NC(C)=O)C[C@@H]2N)O[C@H](CO)[C@@H](O)[C@@H]1O. The van der Waals surface area contributed by atoms with Crippen molar-refractivity contribution in [3.05, 3.63) is 0 Å². The van der Waals surface area contributed by atoms with E-state index in [4.69, 9.17) is 45.6 Å². The first-order chi connectivity index (χ1) is 22.6. The van der Waals surface area contributed by atoms with Gasteiger partial charge in [0.15, 0.2) is 18.9 Å². The number of carbonyl (C=O) groups is 2. The van der Waals surface area contributed by atoms with Gasteiger partial charge in [-0.25, -0.2) is 0 Å². The molecule has 0 aromatic rings. The molecule has 4 aliphatic rings. The Hall–Kier alpha value is -1.74. The molecule has 0 radical (unpaired) electrons. The Bertz CT molecular complexity index is 1080. The van der Waals surface area contributed by atoms with Crippen molar-refractivity contribution in [2.45, 2.75) is 137 Å². The van der Waals surface area contributed by atoms with Gasteiger partial charge in [0.1, 0.15) is 79.3 Å². The van der Waals surface area contributed by atoms with Gasteiger partial charge < -0.3 is 97.1 Å². The molecule has 2 amide bonds. The second-order valence-corrected chi connectivity index (χ2v) is 12.5. The third-order valence-corrected chi connectivity index (χ3v) is 8.99. The fraction of sp³-hybridized carbons (Fsp3) is 0.926. The van der Waals surface area contributed by atoms with Crippen molar-refractivity contribution in [1.29, 1.82) is 0 Å². The number of hydrogen-bond acceptors (Lipinski definition) is 19. The Morgan fingerprint density at radius 3 is 1.79 bits per heavy atom. The highest BCUT2D eigenvalue weighted by Crippen LogP contribution is 2.35. The molecule has 21 heteroatoms. The van der Waals surface area contributed by atoms with Crippen LogP contribution in [0.4, 0.5) is 0 Å². The highest BCUT2D eigenvalue weighted by molar-refractivity contribution is 5.73. The van der Waals surface area contributed by atoms with Crippen LogP contribution in [0.5, 0.6) is 0 Å². The van der Waals surface area contributed by atoms with Crippen LogP contribution in [0, 0.1) is 0 Å². The van der Waals surface area contributed by atoms with Crippen LogP contribution in [0.2, 0.25) is 0 Å². The van der Waals surface area contributed by atoms with E-state index in [0.717, 1.165) is 6.92 Å². The molecule has 4 rings (SSSR count). The monoisotopic (exact) mass is 699 g/mol. The van der Waals surface area contributed by atoms with E-state index in [1.807, 2.05) is 0 Å². The van der Waals surface area contributed by atoms with Crippen LogP contribution in [0.1, 0.15) is 20.3 Å². The molecule has 0 aromatic heterocycles. The van der Waals surface area contributed by atoms with Gasteiger partial charge in [-0.15, -0.1) is 0 Å². The molecule has 21 nitrogen and oxygen atoms in total. The fourth-order valence-electron chi connectivity index (χ4n) is 6.43. The average molecular weight is 700 g/mol. The molecule has 48 heavy (non-hydrogen) atoms. The lowest BCUT2D eigenvalue weighted by molar-refractivity contribution is -0.313. The molecule has 3 aliphatic heterocycles. The van der Waals surface area contributed by atoms with Gasteiger partial charge in [-0.1, -0.05) is 0 Å². The smallest absolute Gasteiger partial charge is 0.217 e. The Labute approximate surface area is 275 Å². The van der Waals surface area contributed by atoms with Crippen LogP contribution in [-0.4, -0.2) is 189 Å². The van der Waals surface area contributed by atoms with Crippen molar-refractivity contribution in [2.24, 2.45) is 17.2 Å². The summed E-state index contributed by atoms with van der Waals surface area (Å²) in [5, 5.41) is 89.1. The molecular formula is C27H49N5O16. The Morgan fingerprint density at radius 2 is 1.21 bits per heavy atom. The number of carbonyl (C=O) groups excluding carboxylic acids is 2. The minimum absolute atomic E-state index is 0.0656. The third-order valence-electron chi connectivity index (χ3n) is 8.99. The lowest BCUT2D eigenvalue weighted by atomic mass is 9.83. The summed E-state index contributed by atoms with van der Waals surface area (Å²) in [7, 11) is 0. The van der Waals surface area contributed by atoms with E-state index in [-0.39, 0.29) is 13.0 Å². The van der Waals surface area contributed by atoms with Crippen molar-refractivity contribution in [3.63, 3.8) is 0 Å². The molecule has 0 spiro atoms. The molecule has 3 saturated heterocycles. The number of aliphatic hydroxyl groups is 8. The van der Waals surface area contributed by atoms with Crippen LogP contribution in [0.25, 0.3) is 0 Å². The van der Waals surface area contributed by atoms with Crippen molar-refractivity contribution in [1.82, 2.24) is 10.6 Å². The van der Waals surface area contributed by atoms with Crippen LogP contribution >= 0.6 is 0 Å². The number of aliphatic hydroxyl groups excluding tert-OH is 8. The van der Waals surface area contributed by atoms with Gasteiger partial charge in [0.05, 0.1) is 25.3 Å². The first-order valence-corrected chi connectivity index (χ1v) is 15.6. The minimum atomic E-state index is -1.71. The number of rotatable bonds is 11. The predicted octanol–water partition coefficient (Wildman–Crippen LogP) is -8.51. The van der Waals surface area contributed by atoms with E-state index in [1.165, 1.54) is 6.92 Å². The summed E-state index contributed by atoms with van der Waals surface area (Å²) < 4.78 is 34.9.